The number of rotatable bonds is 8. The molecule has 12 aromatic carbocycles. The minimum absolute atomic E-state index is 0.513. The second kappa shape index (κ2) is 15.6. The molecule has 69 heavy (non-hydrogen) atoms. The number of hydrogen-bond acceptors (Lipinski definition) is 1. The average Bonchev–Trinajstić information content (AvgIpc) is 3.93. The predicted octanol–water partition coefficient (Wildman–Crippen LogP) is 17.7. The highest BCUT2D eigenvalue weighted by Gasteiger charge is 2.46. The largest absolute Gasteiger partial charge is 0.310 e. The maximum atomic E-state index is 2.47. The zero-order valence-corrected chi connectivity index (χ0v) is 37.8. The van der Waals surface area contributed by atoms with Gasteiger partial charge in [-0.2, -0.15) is 0 Å². The van der Waals surface area contributed by atoms with Crippen molar-refractivity contribution < 1.29 is 0 Å². The van der Waals surface area contributed by atoms with Gasteiger partial charge in [-0.05, 0) is 126 Å². The summed E-state index contributed by atoms with van der Waals surface area (Å²) >= 11 is 0. The summed E-state index contributed by atoms with van der Waals surface area (Å²) in [5.41, 5.74) is 18.8. The van der Waals surface area contributed by atoms with Gasteiger partial charge in [-0.15, -0.1) is 0 Å². The third-order valence-electron chi connectivity index (χ3n) is 14.8. The number of anilines is 3. The molecule has 0 aliphatic heterocycles. The van der Waals surface area contributed by atoms with Gasteiger partial charge < -0.3 is 9.47 Å². The topological polar surface area (TPSA) is 8.17 Å². The van der Waals surface area contributed by atoms with Gasteiger partial charge in [0.2, 0.25) is 0 Å². The highest BCUT2D eigenvalue weighted by Crippen LogP contribution is 2.57. The molecule has 322 valence electrons. The van der Waals surface area contributed by atoms with E-state index in [1.165, 1.54) is 105 Å². The molecule has 0 N–H and O–H groups in total. The van der Waals surface area contributed by atoms with Crippen molar-refractivity contribution >= 4 is 60.4 Å². The number of benzene rings is 12. The van der Waals surface area contributed by atoms with Crippen LogP contribution in [0.15, 0.2) is 267 Å². The number of hydrogen-bond donors (Lipinski definition) is 0. The van der Waals surface area contributed by atoms with Crippen LogP contribution >= 0.6 is 0 Å². The lowest BCUT2D eigenvalue weighted by atomic mass is 9.67. The highest BCUT2D eigenvalue weighted by molar-refractivity contribution is 6.24. The van der Waals surface area contributed by atoms with Crippen molar-refractivity contribution in [1.29, 1.82) is 0 Å². The molecule has 0 saturated heterocycles. The summed E-state index contributed by atoms with van der Waals surface area (Å²) in [6, 6.07) is 98.6. The maximum Gasteiger partial charge on any atom is 0.0714 e. The Bertz CT molecular complexity index is 3930. The Balaban J connectivity index is 0.928. The number of aromatic nitrogens is 1. The fourth-order valence-electron chi connectivity index (χ4n) is 11.9. The lowest BCUT2D eigenvalue weighted by Crippen LogP contribution is -2.28. The molecular formula is C67H44N2. The second-order valence-electron chi connectivity index (χ2n) is 18.4. The van der Waals surface area contributed by atoms with Gasteiger partial charge in [0.05, 0.1) is 22.1 Å². The Morgan fingerprint density at radius 3 is 1.43 bits per heavy atom. The molecule has 0 bridgehead atoms. The molecule has 0 unspecified atom stereocenters. The quantitative estimate of drug-likeness (QED) is 0.138. The van der Waals surface area contributed by atoms with Gasteiger partial charge in [0.15, 0.2) is 0 Å². The average molecular weight is 877 g/mol. The third kappa shape index (κ3) is 5.92. The van der Waals surface area contributed by atoms with Gasteiger partial charge in [0, 0.05) is 33.2 Å². The van der Waals surface area contributed by atoms with Gasteiger partial charge in [-0.3, -0.25) is 0 Å². The van der Waals surface area contributed by atoms with Gasteiger partial charge in [0.1, 0.15) is 0 Å². The van der Waals surface area contributed by atoms with Crippen LogP contribution in [-0.4, -0.2) is 4.57 Å². The van der Waals surface area contributed by atoms with Crippen molar-refractivity contribution in [2.24, 2.45) is 0 Å². The highest BCUT2D eigenvalue weighted by atomic mass is 15.1. The molecule has 0 spiro atoms. The number of nitrogens with zero attached hydrogens (tertiary/aromatic N) is 2. The van der Waals surface area contributed by atoms with E-state index >= 15 is 0 Å². The molecule has 0 fully saturated rings. The van der Waals surface area contributed by atoms with E-state index in [0.29, 0.717) is 0 Å². The fraction of sp³-hybridized carbons (Fsp3) is 0.0149. The van der Waals surface area contributed by atoms with E-state index in [0.717, 1.165) is 17.1 Å². The van der Waals surface area contributed by atoms with Crippen LogP contribution in [0.4, 0.5) is 17.1 Å². The molecule has 0 saturated carbocycles. The van der Waals surface area contributed by atoms with Crippen LogP contribution in [0.3, 0.4) is 0 Å². The molecule has 1 aliphatic carbocycles. The van der Waals surface area contributed by atoms with E-state index < -0.39 is 5.41 Å². The minimum Gasteiger partial charge on any atom is -0.310 e. The van der Waals surface area contributed by atoms with Gasteiger partial charge >= 0.3 is 0 Å². The zero-order valence-electron chi connectivity index (χ0n) is 37.8. The Kier molecular flexibility index (Phi) is 8.84. The second-order valence-corrected chi connectivity index (χ2v) is 18.4. The van der Waals surface area contributed by atoms with Gasteiger partial charge in [-0.25, -0.2) is 0 Å². The summed E-state index contributed by atoms with van der Waals surface area (Å²) in [4.78, 5) is 2.43. The van der Waals surface area contributed by atoms with Crippen LogP contribution in [0.5, 0.6) is 0 Å². The standard InChI is InChI=1S/C67H44N2/c1-4-16-45(17-5-1)46-32-36-52(37-33-46)68(54-40-41-58-57-25-12-13-27-60(57)67(61(58)44-54,50-20-6-2-7-21-50)51-22-8-3-9-23-51)53-38-34-47(35-39-53)55-42-43-62(59-26-11-10-24-56(55)59)69-63-28-14-18-48-30-31-49-19-15-29-64(69)66(49)65(48)63/h1-44H. The van der Waals surface area contributed by atoms with Crippen molar-refractivity contribution in [3.05, 3.63) is 289 Å². The summed E-state index contributed by atoms with van der Waals surface area (Å²) in [6.07, 6.45) is 0. The molecule has 0 atom stereocenters. The first-order valence-electron chi connectivity index (χ1n) is 23.9. The zero-order chi connectivity index (χ0) is 45.5. The van der Waals surface area contributed by atoms with Crippen molar-refractivity contribution in [2.45, 2.75) is 5.41 Å². The SMILES string of the molecule is c1ccc(-c2ccc(N(c3ccc(-c4ccc(-n5c6cccc7ccc8cccc5c8c76)c5ccccc45)cc3)c3ccc4c(c3)C(c3ccccc3)(c3ccccc3)c3ccccc3-4)cc2)cc1. The molecule has 1 aromatic heterocycles. The first kappa shape index (κ1) is 39.2. The molecule has 0 radical (unpaired) electrons. The van der Waals surface area contributed by atoms with E-state index in [9.17, 15) is 0 Å². The van der Waals surface area contributed by atoms with Crippen LogP contribution in [0.25, 0.3) is 82.4 Å². The van der Waals surface area contributed by atoms with Crippen LogP contribution < -0.4 is 4.90 Å². The Hall–Kier alpha value is -8.98. The molecule has 14 rings (SSSR count). The molecule has 2 heteroatoms. The summed E-state index contributed by atoms with van der Waals surface area (Å²) in [5, 5.41) is 7.64. The van der Waals surface area contributed by atoms with Crippen molar-refractivity contribution in [3.63, 3.8) is 0 Å². The van der Waals surface area contributed by atoms with E-state index in [1.807, 2.05) is 0 Å². The molecule has 2 nitrogen and oxygen atoms in total. The van der Waals surface area contributed by atoms with E-state index in [2.05, 4.69) is 276 Å². The van der Waals surface area contributed by atoms with Crippen LogP contribution in [0, 0.1) is 0 Å². The summed E-state index contributed by atoms with van der Waals surface area (Å²) in [6.45, 7) is 0. The monoisotopic (exact) mass is 876 g/mol. The molecule has 1 aliphatic rings. The number of fused-ring (bicyclic) bond motifs is 4. The van der Waals surface area contributed by atoms with Gasteiger partial charge in [0.25, 0.3) is 0 Å². The molecule has 13 aromatic rings. The predicted molar refractivity (Wildman–Crippen MR) is 290 cm³/mol. The van der Waals surface area contributed by atoms with Gasteiger partial charge in [-0.1, -0.05) is 212 Å². The summed E-state index contributed by atoms with van der Waals surface area (Å²) in [5.74, 6) is 0. The fourth-order valence-corrected chi connectivity index (χ4v) is 11.9. The Labute approximate surface area is 401 Å². The van der Waals surface area contributed by atoms with E-state index in [4.69, 9.17) is 0 Å². The van der Waals surface area contributed by atoms with E-state index in [1.54, 1.807) is 0 Å². The third-order valence-corrected chi connectivity index (χ3v) is 14.8. The lowest BCUT2D eigenvalue weighted by molar-refractivity contribution is 0.768. The first-order valence-corrected chi connectivity index (χ1v) is 23.9. The normalized spacial score (nSPS) is 12.8. The smallest absolute Gasteiger partial charge is 0.0714 e. The lowest BCUT2D eigenvalue weighted by Gasteiger charge is -2.35. The Morgan fingerprint density at radius 1 is 0.304 bits per heavy atom. The van der Waals surface area contributed by atoms with Crippen molar-refractivity contribution in [1.82, 2.24) is 4.57 Å². The Morgan fingerprint density at radius 2 is 0.797 bits per heavy atom. The van der Waals surface area contributed by atoms with Crippen molar-refractivity contribution in [3.8, 4) is 39.1 Å². The van der Waals surface area contributed by atoms with Crippen LogP contribution in [0.1, 0.15) is 22.3 Å². The summed E-state index contributed by atoms with van der Waals surface area (Å²) < 4.78 is 2.47. The minimum atomic E-state index is -0.513. The van der Waals surface area contributed by atoms with Crippen LogP contribution in [0.2, 0.25) is 0 Å². The molecular weight excluding hydrogens is 833 g/mol. The first-order chi connectivity index (χ1) is 34.2. The maximum absolute atomic E-state index is 2.47. The van der Waals surface area contributed by atoms with E-state index in [-0.39, 0.29) is 0 Å². The molecule has 1 heterocycles. The van der Waals surface area contributed by atoms with Crippen molar-refractivity contribution in [2.75, 3.05) is 4.90 Å². The summed E-state index contributed by atoms with van der Waals surface area (Å²) in [7, 11) is 0. The van der Waals surface area contributed by atoms with Crippen LogP contribution in [-0.2, 0) is 5.41 Å². The molecule has 0 amide bonds.